The molecule has 2 saturated heterocycles. The summed E-state index contributed by atoms with van der Waals surface area (Å²) in [6, 6.07) is 3.36. The number of carbonyl (C=O) groups excluding carboxylic acids is 1. The van der Waals surface area contributed by atoms with Gasteiger partial charge in [0.2, 0.25) is 15.9 Å². The Balaban J connectivity index is 1.61. The Morgan fingerprint density at radius 2 is 2.08 bits per heavy atom. The van der Waals surface area contributed by atoms with Gasteiger partial charge in [0, 0.05) is 36.8 Å². The largest absolute Gasteiger partial charge is 0.325 e. The van der Waals surface area contributed by atoms with Crippen LogP contribution in [0.4, 0.5) is 10.1 Å². The van der Waals surface area contributed by atoms with Gasteiger partial charge in [-0.25, -0.2) is 12.8 Å². The van der Waals surface area contributed by atoms with E-state index in [9.17, 15) is 17.6 Å². The van der Waals surface area contributed by atoms with Crippen LogP contribution in [0.25, 0.3) is 0 Å². The van der Waals surface area contributed by atoms with Crippen molar-refractivity contribution in [1.29, 1.82) is 0 Å². The van der Waals surface area contributed by atoms with Gasteiger partial charge in [-0.05, 0) is 24.6 Å². The maximum Gasteiger partial charge on any atom is 0.241 e. The molecule has 0 radical (unpaired) electrons. The molecule has 0 bridgehead atoms. The van der Waals surface area contributed by atoms with E-state index in [1.54, 1.807) is 11.8 Å². The van der Waals surface area contributed by atoms with Gasteiger partial charge in [-0.1, -0.05) is 11.6 Å². The van der Waals surface area contributed by atoms with E-state index in [4.69, 9.17) is 11.6 Å². The first-order chi connectivity index (χ1) is 11.9. The van der Waals surface area contributed by atoms with Gasteiger partial charge < -0.3 is 10.6 Å². The molecule has 2 unspecified atom stereocenters. The van der Waals surface area contributed by atoms with E-state index < -0.39 is 27.1 Å². The second kappa shape index (κ2) is 7.79. The van der Waals surface area contributed by atoms with Gasteiger partial charge in [0.1, 0.15) is 5.82 Å². The Labute approximate surface area is 155 Å². The molecule has 1 amide bonds. The Kier molecular flexibility index (Phi) is 5.89. The highest BCUT2D eigenvalue weighted by Crippen LogP contribution is 2.23. The molecular weight excluding hydrogens is 389 g/mol. The molecule has 2 heterocycles. The van der Waals surface area contributed by atoms with Gasteiger partial charge in [0.05, 0.1) is 16.3 Å². The van der Waals surface area contributed by atoms with Gasteiger partial charge in [-0.3, -0.25) is 4.79 Å². The number of carbonyl (C=O) groups is 1. The van der Waals surface area contributed by atoms with E-state index in [1.165, 1.54) is 16.4 Å². The fourth-order valence-corrected chi connectivity index (χ4v) is 6.05. The molecule has 2 aliphatic rings. The van der Waals surface area contributed by atoms with Crippen LogP contribution in [0, 0.1) is 5.82 Å². The fourth-order valence-electron chi connectivity index (χ4n) is 2.95. The lowest BCUT2D eigenvalue weighted by molar-refractivity contribution is -0.117. The normalized spacial score (nSPS) is 25.0. The Morgan fingerprint density at radius 1 is 1.36 bits per heavy atom. The zero-order valence-corrected chi connectivity index (χ0v) is 15.8. The quantitative estimate of drug-likeness (QED) is 0.791. The minimum absolute atomic E-state index is 0.0251. The maximum absolute atomic E-state index is 13.4. The van der Waals surface area contributed by atoms with Crippen molar-refractivity contribution in [2.45, 2.75) is 17.7 Å². The van der Waals surface area contributed by atoms with Crippen molar-refractivity contribution in [3.05, 3.63) is 29.0 Å². The third kappa shape index (κ3) is 4.28. The topological polar surface area (TPSA) is 78.5 Å². The number of thioether (sulfide) groups is 1. The molecule has 2 aliphatic heterocycles. The lowest BCUT2D eigenvalue weighted by atomic mass is 10.2. The van der Waals surface area contributed by atoms with Crippen LogP contribution in [0.15, 0.2) is 18.2 Å². The van der Waals surface area contributed by atoms with E-state index >= 15 is 0 Å². The van der Waals surface area contributed by atoms with Crippen LogP contribution in [0.1, 0.15) is 6.42 Å². The first-order valence-corrected chi connectivity index (χ1v) is 11.0. The summed E-state index contributed by atoms with van der Waals surface area (Å²) in [5, 5.41) is 4.90. The number of hydrogen-bond acceptors (Lipinski definition) is 5. The average molecular weight is 408 g/mol. The maximum atomic E-state index is 13.4. The molecule has 1 aromatic rings. The van der Waals surface area contributed by atoms with Crippen molar-refractivity contribution in [3.63, 3.8) is 0 Å². The van der Waals surface area contributed by atoms with E-state index in [0.29, 0.717) is 13.1 Å². The first-order valence-electron chi connectivity index (χ1n) is 7.94. The molecule has 6 nitrogen and oxygen atoms in total. The molecule has 2 atom stereocenters. The Bertz CT molecular complexity index is 756. The minimum Gasteiger partial charge on any atom is -0.325 e. The summed E-state index contributed by atoms with van der Waals surface area (Å²) < 4.78 is 40.3. The second-order valence-corrected chi connectivity index (χ2v) is 9.84. The molecule has 0 aromatic heterocycles. The van der Waals surface area contributed by atoms with Crippen molar-refractivity contribution >= 4 is 45.0 Å². The van der Waals surface area contributed by atoms with Crippen LogP contribution in [0.5, 0.6) is 0 Å². The van der Waals surface area contributed by atoms with Crippen LogP contribution in [0.3, 0.4) is 0 Å². The highest BCUT2D eigenvalue weighted by molar-refractivity contribution is 7.99. The lowest BCUT2D eigenvalue weighted by Crippen LogP contribution is -2.44. The van der Waals surface area contributed by atoms with E-state index in [0.717, 1.165) is 17.6 Å². The highest BCUT2D eigenvalue weighted by atomic mass is 35.5. The molecule has 10 heteroatoms. The molecule has 2 N–H and O–H groups in total. The number of sulfonamides is 1. The summed E-state index contributed by atoms with van der Waals surface area (Å²) in [7, 11) is -3.41. The van der Waals surface area contributed by atoms with Gasteiger partial charge in [0.15, 0.2) is 0 Å². The monoisotopic (exact) mass is 407 g/mol. The van der Waals surface area contributed by atoms with Gasteiger partial charge in [0.25, 0.3) is 0 Å². The van der Waals surface area contributed by atoms with Gasteiger partial charge in [-0.2, -0.15) is 16.1 Å². The minimum atomic E-state index is -3.41. The van der Waals surface area contributed by atoms with Crippen molar-refractivity contribution < 1.29 is 17.6 Å². The van der Waals surface area contributed by atoms with Crippen LogP contribution in [0.2, 0.25) is 5.02 Å². The van der Waals surface area contributed by atoms with Gasteiger partial charge >= 0.3 is 0 Å². The zero-order valence-electron chi connectivity index (χ0n) is 13.4. The molecule has 0 aliphatic carbocycles. The number of nitrogens with zero attached hydrogens (tertiary/aromatic N) is 1. The number of nitrogens with one attached hydrogen (secondary N) is 2. The third-order valence-electron chi connectivity index (χ3n) is 4.35. The number of benzene rings is 1. The first kappa shape index (κ1) is 18.9. The summed E-state index contributed by atoms with van der Waals surface area (Å²) in [4.78, 5) is 12.3. The second-order valence-electron chi connectivity index (χ2n) is 5.99. The standard InChI is InChI=1S/C15H19ClFN3O3S2/c16-12-2-1-10(7-13(12)17)19-15(21)14-8-11(9-18-14)25(22,23)20-3-5-24-6-4-20/h1-2,7,11,14,18H,3-6,8-9H2,(H,19,21). The van der Waals surface area contributed by atoms with Crippen molar-refractivity contribution in [2.75, 3.05) is 36.5 Å². The Morgan fingerprint density at radius 3 is 2.76 bits per heavy atom. The van der Waals surface area contributed by atoms with Crippen LogP contribution >= 0.6 is 23.4 Å². The average Bonchev–Trinajstić information content (AvgIpc) is 3.10. The fraction of sp³-hybridized carbons (Fsp3) is 0.533. The van der Waals surface area contributed by atoms with Crippen LogP contribution in [-0.4, -0.2) is 61.1 Å². The Hall–Kier alpha value is -0.870. The van der Waals surface area contributed by atoms with Crippen molar-refractivity contribution in [3.8, 4) is 0 Å². The zero-order chi connectivity index (χ0) is 18.0. The molecule has 0 spiro atoms. The lowest BCUT2D eigenvalue weighted by Gasteiger charge is -2.28. The third-order valence-corrected chi connectivity index (χ3v) is 7.88. The molecule has 25 heavy (non-hydrogen) atoms. The SMILES string of the molecule is O=C(Nc1ccc(Cl)c(F)c1)C1CC(S(=O)(=O)N2CCSCC2)CN1. The summed E-state index contributed by atoms with van der Waals surface area (Å²) in [5.41, 5.74) is 0.285. The molecule has 138 valence electrons. The van der Waals surface area contributed by atoms with E-state index in [1.807, 2.05) is 0 Å². The number of anilines is 1. The smallest absolute Gasteiger partial charge is 0.241 e. The summed E-state index contributed by atoms with van der Waals surface area (Å²) in [6.07, 6.45) is 0.202. The number of amides is 1. The van der Waals surface area contributed by atoms with Gasteiger partial charge in [-0.15, -0.1) is 0 Å². The number of hydrogen-bond donors (Lipinski definition) is 2. The molecule has 0 saturated carbocycles. The highest BCUT2D eigenvalue weighted by Gasteiger charge is 2.40. The van der Waals surface area contributed by atoms with E-state index in [-0.39, 0.29) is 29.6 Å². The summed E-state index contributed by atoms with van der Waals surface area (Å²) in [5.74, 6) is 0.590. The number of halogens is 2. The molecular formula is C15H19ClFN3O3S2. The predicted molar refractivity (Wildman–Crippen MR) is 98.1 cm³/mol. The van der Waals surface area contributed by atoms with E-state index in [2.05, 4.69) is 10.6 Å². The van der Waals surface area contributed by atoms with Crippen molar-refractivity contribution in [1.82, 2.24) is 9.62 Å². The summed E-state index contributed by atoms with van der Waals surface area (Å²) >= 11 is 7.35. The van der Waals surface area contributed by atoms with Crippen LogP contribution < -0.4 is 10.6 Å². The van der Waals surface area contributed by atoms with Crippen molar-refractivity contribution in [2.24, 2.45) is 0 Å². The summed E-state index contributed by atoms with van der Waals surface area (Å²) in [6.45, 7) is 1.27. The molecule has 1 aromatic carbocycles. The predicted octanol–water partition coefficient (Wildman–Crippen LogP) is 1.53. The van der Waals surface area contributed by atoms with Crippen LogP contribution in [-0.2, 0) is 14.8 Å². The molecule has 3 rings (SSSR count). The number of rotatable bonds is 4. The molecule has 2 fully saturated rings.